The van der Waals surface area contributed by atoms with Crippen molar-refractivity contribution in [3.8, 4) is 0 Å². The van der Waals surface area contributed by atoms with Crippen LogP contribution in [-0.4, -0.2) is 52.1 Å². The predicted molar refractivity (Wildman–Crippen MR) is 91.1 cm³/mol. The largest absolute Gasteiger partial charge is 0.387 e. The van der Waals surface area contributed by atoms with E-state index in [1.54, 1.807) is 0 Å². The van der Waals surface area contributed by atoms with Crippen molar-refractivity contribution in [2.24, 2.45) is 0 Å². The maximum atomic E-state index is 11.7. The number of nitrogens with zero attached hydrogens (tertiary/aromatic N) is 1. The lowest BCUT2D eigenvalue weighted by Gasteiger charge is -2.29. The summed E-state index contributed by atoms with van der Waals surface area (Å²) in [5.41, 5.74) is 1.80. The van der Waals surface area contributed by atoms with E-state index in [0.29, 0.717) is 12.0 Å². The van der Waals surface area contributed by atoms with Gasteiger partial charge >= 0.3 is 0 Å². The van der Waals surface area contributed by atoms with Crippen molar-refractivity contribution in [3.05, 3.63) is 29.8 Å². The van der Waals surface area contributed by atoms with Gasteiger partial charge in [-0.1, -0.05) is 25.5 Å². The summed E-state index contributed by atoms with van der Waals surface area (Å²) in [7, 11) is -3.30. The van der Waals surface area contributed by atoms with Crippen LogP contribution in [0.25, 0.3) is 0 Å². The smallest absolute Gasteiger partial charge is 0.211 e. The SMILES string of the molecule is CCCCS(=O)(=O)NCC(O)c1ccc(N2CCOCC2)cc1. The molecule has 1 unspecified atom stereocenters. The lowest BCUT2D eigenvalue weighted by atomic mass is 10.1. The Hall–Kier alpha value is -1.15. The highest BCUT2D eigenvalue weighted by Crippen LogP contribution is 2.20. The molecule has 1 aliphatic rings. The summed E-state index contributed by atoms with van der Waals surface area (Å²) in [4.78, 5) is 2.23. The van der Waals surface area contributed by atoms with E-state index in [1.807, 2.05) is 31.2 Å². The molecule has 0 amide bonds. The second-order valence-electron chi connectivity index (χ2n) is 5.73. The van der Waals surface area contributed by atoms with E-state index in [0.717, 1.165) is 38.4 Å². The summed E-state index contributed by atoms with van der Waals surface area (Å²) >= 11 is 0. The number of benzene rings is 1. The molecular formula is C16H26N2O4S. The van der Waals surface area contributed by atoms with Crippen LogP contribution in [0.5, 0.6) is 0 Å². The quantitative estimate of drug-likeness (QED) is 0.744. The molecule has 0 aliphatic carbocycles. The molecule has 2 rings (SSSR count). The van der Waals surface area contributed by atoms with Gasteiger partial charge in [-0.3, -0.25) is 0 Å². The van der Waals surface area contributed by atoms with Crippen molar-refractivity contribution in [1.29, 1.82) is 0 Å². The molecule has 1 aromatic carbocycles. The van der Waals surface area contributed by atoms with Crippen molar-refractivity contribution >= 4 is 15.7 Å². The Kier molecular flexibility index (Phi) is 6.83. The van der Waals surface area contributed by atoms with Crippen molar-refractivity contribution < 1.29 is 18.3 Å². The van der Waals surface area contributed by atoms with Gasteiger partial charge in [0.2, 0.25) is 10.0 Å². The molecule has 0 aromatic heterocycles. The van der Waals surface area contributed by atoms with Gasteiger partial charge in [-0.15, -0.1) is 0 Å². The van der Waals surface area contributed by atoms with Crippen LogP contribution < -0.4 is 9.62 Å². The van der Waals surface area contributed by atoms with E-state index in [9.17, 15) is 13.5 Å². The molecule has 1 aliphatic heterocycles. The van der Waals surface area contributed by atoms with Crippen LogP contribution in [0.2, 0.25) is 0 Å². The Bertz CT molecular complexity index is 568. The van der Waals surface area contributed by atoms with Gasteiger partial charge in [0.25, 0.3) is 0 Å². The van der Waals surface area contributed by atoms with Crippen molar-refractivity contribution in [3.63, 3.8) is 0 Å². The average Bonchev–Trinajstić information content (AvgIpc) is 2.59. The fraction of sp³-hybridized carbons (Fsp3) is 0.625. The molecule has 6 nitrogen and oxygen atoms in total. The van der Waals surface area contributed by atoms with Gasteiger partial charge in [0.1, 0.15) is 0 Å². The zero-order valence-corrected chi connectivity index (χ0v) is 14.4. The van der Waals surface area contributed by atoms with Crippen LogP contribution in [0.3, 0.4) is 0 Å². The molecule has 0 spiro atoms. The summed E-state index contributed by atoms with van der Waals surface area (Å²) in [6.07, 6.45) is 0.608. The Morgan fingerprint density at radius 1 is 1.26 bits per heavy atom. The first kappa shape index (κ1) is 18.2. The summed E-state index contributed by atoms with van der Waals surface area (Å²) in [6.45, 7) is 5.12. The average molecular weight is 342 g/mol. The number of hydrogen-bond donors (Lipinski definition) is 2. The minimum atomic E-state index is -3.30. The molecule has 1 atom stereocenters. The number of morpholine rings is 1. The second kappa shape index (κ2) is 8.63. The summed E-state index contributed by atoms with van der Waals surface area (Å²) in [6, 6.07) is 7.59. The topological polar surface area (TPSA) is 78.9 Å². The van der Waals surface area contributed by atoms with Crippen molar-refractivity contribution in [2.75, 3.05) is 43.5 Å². The molecule has 1 saturated heterocycles. The Balaban J connectivity index is 1.88. The Labute approximate surface area is 138 Å². The molecule has 7 heteroatoms. The number of unbranched alkanes of at least 4 members (excludes halogenated alkanes) is 1. The van der Waals surface area contributed by atoms with Gasteiger partial charge in [0.15, 0.2) is 0 Å². The molecule has 1 fully saturated rings. The molecule has 0 saturated carbocycles. The van der Waals surface area contributed by atoms with E-state index in [2.05, 4.69) is 9.62 Å². The first-order valence-corrected chi connectivity index (χ1v) is 9.75. The highest BCUT2D eigenvalue weighted by Gasteiger charge is 2.15. The minimum absolute atomic E-state index is 0.00293. The van der Waals surface area contributed by atoms with Crippen LogP contribution in [-0.2, 0) is 14.8 Å². The number of aliphatic hydroxyl groups is 1. The number of nitrogens with one attached hydrogen (secondary N) is 1. The highest BCUT2D eigenvalue weighted by molar-refractivity contribution is 7.89. The van der Waals surface area contributed by atoms with Crippen molar-refractivity contribution in [2.45, 2.75) is 25.9 Å². The fourth-order valence-corrected chi connectivity index (χ4v) is 3.68. The van der Waals surface area contributed by atoms with Gasteiger partial charge in [0, 0.05) is 25.3 Å². The van der Waals surface area contributed by atoms with Gasteiger partial charge in [-0.05, 0) is 24.1 Å². The van der Waals surface area contributed by atoms with Gasteiger partial charge in [-0.25, -0.2) is 13.1 Å². The number of rotatable bonds is 8. The van der Waals surface area contributed by atoms with Crippen LogP contribution in [0, 0.1) is 0 Å². The van der Waals surface area contributed by atoms with Crippen LogP contribution >= 0.6 is 0 Å². The van der Waals surface area contributed by atoms with Gasteiger partial charge in [-0.2, -0.15) is 0 Å². The third-order valence-electron chi connectivity index (χ3n) is 3.92. The third kappa shape index (κ3) is 5.76. The van der Waals surface area contributed by atoms with E-state index < -0.39 is 16.1 Å². The summed E-state index contributed by atoms with van der Waals surface area (Å²) in [5.74, 6) is 0.103. The first-order valence-electron chi connectivity index (χ1n) is 8.10. The van der Waals surface area contributed by atoms with Crippen molar-refractivity contribution in [1.82, 2.24) is 4.72 Å². The fourth-order valence-electron chi connectivity index (χ4n) is 2.46. The molecule has 2 N–H and O–H groups in total. The number of hydrogen-bond acceptors (Lipinski definition) is 5. The molecule has 0 radical (unpaired) electrons. The standard InChI is InChI=1S/C16H26N2O4S/c1-2-3-12-23(20,21)17-13-16(19)14-4-6-15(7-5-14)18-8-10-22-11-9-18/h4-7,16-17,19H,2-3,8-13H2,1H3. The highest BCUT2D eigenvalue weighted by atomic mass is 32.2. The van der Waals surface area contributed by atoms with Crippen LogP contribution in [0.1, 0.15) is 31.4 Å². The zero-order chi connectivity index (χ0) is 16.7. The number of ether oxygens (including phenoxy) is 1. The van der Waals surface area contributed by atoms with Gasteiger partial charge < -0.3 is 14.7 Å². The summed E-state index contributed by atoms with van der Waals surface area (Å²) in [5, 5.41) is 10.1. The predicted octanol–water partition coefficient (Wildman–Crippen LogP) is 1.28. The number of anilines is 1. The maximum absolute atomic E-state index is 11.7. The number of sulfonamides is 1. The third-order valence-corrected chi connectivity index (χ3v) is 5.35. The van der Waals surface area contributed by atoms with E-state index in [4.69, 9.17) is 4.74 Å². The normalized spacial score (nSPS) is 17.2. The Morgan fingerprint density at radius 3 is 2.52 bits per heavy atom. The van der Waals surface area contributed by atoms with Crippen LogP contribution in [0.15, 0.2) is 24.3 Å². The molecule has 0 bridgehead atoms. The van der Waals surface area contributed by atoms with Gasteiger partial charge in [0.05, 0.1) is 25.1 Å². The minimum Gasteiger partial charge on any atom is -0.387 e. The summed E-state index contributed by atoms with van der Waals surface area (Å²) < 4.78 is 31.3. The molecular weight excluding hydrogens is 316 g/mol. The lowest BCUT2D eigenvalue weighted by Crippen LogP contribution is -2.36. The first-order chi connectivity index (χ1) is 11.0. The maximum Gasteiger partial charge on any atom is 0.211 e. The molecule has 23 heavy (non-hydrogen) atoms. The number of aliphatic hydroxyl groups excluding tert-OH is 1. The second-order valence-corrected chi connectivity index (χ2v) is 7.65. The van der Waals surface area contributed by atoms with E-state index in [1.165, 1.54) is 0 Å². The van der Waals surface area contributed by atoms with E-state index in [-0.39, 0.29) is 12.3 Å². The molecule has 1 aromatic rings. The van der Waals surface area contributed by atoms with E-state index >= 15 is 0 Å². The monoisotopic (exact) mass is 342 g/mol. The molecule has 130 valence electrons. The van der Waals surface area contributed by atoms with Crippen LogP contribution in [0.4, 0.5) is 5.69 Å². The molecule has 1 heterocycles. The zero-order valence-electron chi connectivity index (χ0n) is 13.6. The lowest BCUT2D eigenvalue weighted by molar-refractivity contribution is 0.122. The Morgan fingerprint density at radius 2 is 1.91 bits per heavy atom.